The Morgan fingerprint density at radius 2 is 1.91 bits per heavy atom. The molecule has 0 radical (unpaired) electrons. The quantitative estimate of drug-likeness (QED) is 0.730. The van der Waals surface area contributed by atoms with Gasteiger partial charge in [0.2, 0.25) is 5.91 Å². The number of fused-ring (bicyclic) bond motifs is 1. The predicted molar refractivity (Wildman–Crippen MR) is 114 cm³/mol. The van der Waals surface area contributed by atoms with Gasteiger partial charge in [-0.25, -0.2) is 15.0 Å². The predicted octanol–water partition coefficient (Wildman–Crippen LogP) is 2.83. The molecule has 1 aliphatic heterocycles. The highest BCUT2D eigenvalue weighted by atomic mass is 19.4. The maximum Gasteiger partial charge on any atom is 0.418 e. The highest BCUT2D eigenvalue weighted by molar-refractivity contribution is 5.87. The van der Waals surface area contributed by atoms with Gasteiger partial charge in [-0.2, -0.15) is 13.2 Å². The topological polar surface area (TPSA) is 88.2 Å². The molecule has 1 saturated heterocycles. The molecule has 2 N–H and O–H groups in total. The number of amides is 1. The number of halogens is 3. The van der Waals surface area contributed by atoms with Gasteiger partial charge in [0.05, 0.1) is 11.3 Å². The summed E-state index contributed by atoms with van der Waals surface area (Å²) < 4.78 is 40.9. The van der Waals surface area contributed by atoms with Crippen molar-refractivity contribution < 1.29 is 18.0 Å². The summed E-state index contributed by atoms with van der Waals surface area (Å²) in [6, 6.07) is 2.19. The van der Waals surface area contributed by atoms with Gasteiger partial charge in [-0.1, -0.05) is 13.5 Å². The van der Waals surface area contributed by atoms with Crippen molar-refractivity contribution in [1.82, 2.24) is 19.9 Å². The van der Waals surface area contributed by atoms with Crippen molar-refractivity contribution in [2.75, 3.05) is 36.8 Å². The maximum atomic E-state index is 13.6. The van der Waals surface area contributed by atoms with Gasteiger partial charge in [0, 0.05) is 43.4 Å². The summed E-state index contributed by atoms with van der Waals surface area (Å²) in [5, 5.41) is 0. The summed E-state index contributed by atoms with van der Waals surface area (Å²) in [6.07, 6.45) is -0.866. The first-order valence-corrected chi connectivity index (χ1v) is 10.5. The van der Waals surface area contributed by atoms with Crippen LogP contribution in [0.15, 0.2) is 31.1 Å². The minimum absolute atomic E-state index is 0.0210. The number of carbonyl (C=O) groups is 1. The van der Waals surface area contributed by atoms with Crippen LogP contribution in [-0.2, 0) is 23.8 Å². The second kappa shape index (κ2) is 8.40. The largest absolute Gasteiger partial charge is 0.418 e. The molecule has 10 heteroatoms. The number of aromatic nitrogens is 3. The van der Waals surface area contributed by atoms with Gasteiger partial charge in [0.1, 0.15) is 18.0 Å². The van der Waals surface area contributed by atoms with Gasteiger partial charge in [-0.15, -0.1) is 0 Å². The summed E-state index contributed by atoms with van der Waals surface area (Å²) >= 11 is 0. The Bertz CT molecular complexity index is 1030. The van der Waals surface area contributed by atoms with E-state index < -0.39 is 17.7 Å². The average molecular weight is 446 g/mol. The first-order valence-electron chi connectivity index (χ1n) is 10.5. The summed E-state index contributed by atoms with van der Waals surface area (Å²) in [5.74, 6) is 0.212. The van der Waals surface area contributed by atoms with Gasteiger partial charge >= 0.3 is 6.18 Å². The van der Waals surface area contributed by atoms with Crippen LogP contribution in [0.2, 0.25) is 0 Å². The SMILES string of the molecule is C=CC(=O)N1CCN(c2ncnc3c2C[C@@H](C)C(c2nc(N)ccc2C(F)(F)F)C3)CC1. The van der Waals surface area contributed by atoms with Crippen LogP contribution in [-0.4, -0.2) is 51.9 Å². The number of hydrogen-bond acceptors (Lipinski definition) is 6. The lowest BCUT2D eigenvalue weighted by atomic mass is 9.76. The number of anilines is 2. The van der Waals surface area contributed by atoms with E-state index in [-0.39, 0.29) is 23.3 Å². The van der Waals surface area contributed by atoms with Crippen LogP contribution in [0.5, 0.6) is 0 Å². The number of hydrogen-bond donors (Lipinski definition) is 1. The first kappa shape index (κ1) is 22.0. The molecule has 0 bridgehead atoms. The fraction of sp³-hybridized carbons (Fsp3) is 0.455. The molecule has 2 aliphatic rings. The third-order valence-corrected chi connectivity index (χ3v) is 6.31. The van der Waals surface area contributed by atoms with Crippen LogP contribution >= 0.6 is 0 Å². The summed E-state index contributed by atoms with van der Waals surface area (Å²) in [6.45, 7) is 7.82. The van der Waals surface area contributed by atoms with E-state index in [1.165, 1.54) is 18.5 Å². The number of piperazine rings is 1. The van der Waals surface area contributed by atoms with E-state index in [2.05, 4.69) is 26.4 Å². The van der Waals surface area contributed by atoms with Crippen molar-refractivity contribution in [2.24, 2.45) is 5.92 Å². The van der Waals surface area contributed by atoms with E-state index in [1.54, 1.807) is 4.90 Å². The van der Waals surface area contributed by atoms with E-state index >= 15 is 0 Å². The number of nitrogen functional groups attached to an aromatic ring is 1. The molecule has 1 unspecified atom stereocenters. The van der Waals surface area contributed by atoms with Crippen LogP contribution < -0.4 is 10.6 Å². The number of carbonyl (C=O) groups excluding carboxylic acids is 1. The Kier molecular flexibility index (Phi) is 5.79. The van der Waals surface area contributed by atoms with E-state index in [0.29, 0.717) is 39.0 Å². The molecule has 0 spiro atoms. The second-order valence-corrected chi connectivity index (χ2v) is 8.30. The fourth-order valence-corrected chi connectivity index (χ4v) is 4.62. The Morgan fingerprint density at radius 1 is 1.19 bits per heavy atom. The summed E-state index contributed by atoms with van der Waals surface area (Å²) in [5.41, 5.74) is 6.66. The normalized spacial score (nSPS) is 21.2. The number of pyridine rings is 1. The molecule has 2 aromatic rings. The van der Waals surface area contributed by atoms with Gasteiger partial charge in [-0.05, 0) is 37.0 Å². The Hall–Kier alpha value is -3.17. The summed E-state index contributed by atoms with van der Waals surface area (Å²) in [7, 11) is 0. The zero-order chi connectivity index (χ0) is 23.0. The Morgan fingerprint density at radius 3 is 2.56 bits per heavy atom. The van der Waals surface area contributed by atoms with Crippen LogP contribution in [0.4, 0.5) is 24.8 Å². The monoisotopic (exact) mass is 446 g/mol. The van der Waals surface area contributed by atoms with Crippen LogP contribution in [0.1, 0.15) is 35.4 Å². The smallest absolute Gasteiger partial charge is 0.384 e. The summed E-state index contributed by atoms with van der Waals surface area (Å²) in [4.78, 5) is 28.7. The zero-order valence-electron chi connectivity index (χ0n) is 17.8. The van der Waals surface area contributed by atoms with Crippen molar-refractivity contribution in [3.63, 3.8) is 0 Å². The molecule has 4 rings (SSSR count). The molecule has 0 aromatic carbocycles. The van der Waals surface area contributed by atoms with Crippen LogP contribution in [0, 0.1) is 5.92 Å². The number of rotatable bonds is 3. The van der Waals surface area contributed by atoms with Crippen LogP contribution in [0.25, 0.3) is 0 Å². The standard InChI is InChI=1S/C22H25F3N6O/c1-3-19(32)30-6-8-31(9-7-30)21-15-10-13(2)14(11-17(15)27-12-28-21)20-16(22(23,24)25)4-5-18(26)29-20/h3-5,12-14H,1,6-11H2,2H3,(H2,26,29)/t13-,14?/m1/s1. The Labute approximate surface area is 184 Å². The van der Waals surface area contributed by atoms with Crippen molar-refractivity contribution in [3.05, 3.63) is 53.6 Å². The first-order chi connectivity index (χ1) is 15.2. The molecule has 2 atom stereocenters. The molecule has 170 valence electrons. The van der Waals surface area contributed by atoms with Crippen molar-refractivity contribution in [1.29, 1.82) is 0 Å². The third-order valence-electron chi connectivity index (χ3n) is 6.31. The van der Waals surface area contributed by atoms with Gasteiger partial charge < -0.3 is 15.5 Å². The van der Waals surface area contributed by atoms with Crippen molar-refractivity contribution >= 4 is 17.5 Å². The van der Waals surface area contributed by atoms with E-state index in [9.17, 15) is 18.0 Å². The van der Waals surface area contributed by atoms with Crippen molar-refractivity contribution in [3.8, 4) is 0 Å². The Balaban J connectivity index is 1.62. The molecule has 2 aromatic heterocycles. The lowest BCUT2D eigenvalue weighted by Gasteiger charge is -2.38. The lowest BCUT2D eigenvalue weighted by Crippen LogP contribution is -2.49. The molecule has 0 saturated carbocycles. The minimum Gasteiger partial charge on any atom is -0.384 e. The van der Waals surface area contributed by atoms with Crippen LogP contribution in [0.3, 0.4) is 0 Å². The number of nitrogens with two attached hydrogens (primary N) is 1. The van der Waals surface area contributed by atoms with E-state index in [4.69, 9.17) is 5.73 Å². The van der Waals surface area contributed by atoms with Crippen molar-refractivity contribution in [2.45, 2.75) is 31.9 Å². The van der Waals surface area contributed by atoms with Gasteiger partial charge in [0.15, 0.2) is 0 Å². The molecular formula is C22H25F3N6O. The average Bonchev–Trinajstić information content (AvgIpc) is 2.77. The minimum atomic E-state index is -4.50. The number of nitrogens with zero attached hydrogens (tertiary/aromatic N) is 5. The van der Waals surface area contributed by atoms with E-state index in [0.717, 1.165) is 23.1 Å². The van der Waals surface area contributed by atoms with E-state index in [1.807, 2.05) is 6.92 Å². The molecule has 3 heterocycles. The molecular weight excluding hydrogens is 421 g/mol. The third kappa shape index (κ3) is 4.13. The number of alkyl halides is 3. The zero-order valence-corrected chi connectivity index (χ0v) is 17.8. The lowest BCUT2D eigenvalue weighted by molar-refractivity contribution is -0.138. The molecule has 1 fully saturated rings. The molecule has 7 nitrogen and oxygen atoms in total. The molecule has 1 aliphatic carbocycles. The molecule has 1 amide bonds. The second-order valence-electron chi connectivity index (χ2n) is 8.30. The fourth-order valence-electron chi connectivity index (χ4n) is 4.62. The maximum absolute atomic E-state index is 13.6. The van der Waals surface area contributed by atoms with Gasteiger partial charge in [0.25, 0.3) is 0 Å². The highest BCUT2D eigenvalue weighted by Gasteiger charge is 2.40. The molecule has 32 heavy (non-hydrogen) atoms. The highest BCUT2D eigenvalue weighted by Crippen LogP contribution is 2.43. The van der Waals surface area contributed by atoms with Gasteiger partial charge in [-0.3, -0.25) is 4.79 Å².